The molecule has 1 aliphatic carbocycles. The molecule has 7 heteroatoms. The Balaban J connectivity index is 1.46. The lowest BCUT2D eigenvalue weighted by Crippen LogP contribution is -2.42. The van der Waals surface area contributed by atoms with Gasteiger partial charge < -0.3 is 19.3 Å². The first-order valence-electron chi connectivity index (χ1n) is 11.1. The first-order chi connectivity index (χ1) is 15.5. The van der Waals surface area contributed by atoms with Crippen molar-refractivity contribution < 1.29 is 19.3 Å². The van der Waals surface area contributed by atoms with E-state index in [-0.39, 0.29) is 0 Å². The third-order valence-corrected chi connectivity index (χ3v) is 6.61. The maximum atomic E-state index is 11.5. The van der Waals surface area contributed by atoms with Crippen LogP contribution in [0.4, 0.5) is 0 Å². The van der Waals surface area contributed by atoms with Crippen molar-refractivity contribution in [2.75, 3.05) is 20.3 Å². The lowest BCUT2D eigenvalue weighted by Gasteiger charge is -2.39. The number of nitrogens with zero attached hydrogens (tertiary/aromatic N) is 3. The molecule has 0 atom stereocenters. The molecule has 1 aromatic carbocycles. The molecule has 7 nitrogen and oxygen atoms in total. The summed E-state index contributed by atoms with van der Waals surface area (Å²) < 4.78 is 18.9. The molecule has 1 saturated carbocycles. The maximum Gasteiger partial charge on any atom is 0.168 e. The molecule has 1 saturated heterocycles. The Morgan fingerprint density at radius 1 is 1.03 bits per heavy atom. The SMILES string of the molecule is COc1ccc(Cn2nc(C3(O)CCC4(CC3)OCCO4)cc2-c2ccc(C)nc2)cc1. The van der Waals surface area contributed by atoms with Crippen LogP contribution in [0.15, 0.2) is 48.7 Å². The molecule has 0 bridgehead atoms. The average Bonchev–Trinajstić information content (AvgIpc) is 3.45. The molecular formula is C25H29N3O4. The highest BCUT2D eigenvalue weighted by atomic mass is 16.7. The highest BCUT2D eigenvalue weighted by Crippen LogP contribution is 2.45. The van der Waals surface area contributed by atoms with Crippen LogP contribution in [-0.4, -0.2) is 46.0 Å². The summed E-state index contributed by atoms with van der Waals surface area (Å²) in [5, 5.41) is 16.4. The van der Waals surface area contributed by atoms with Crippen molar-refractivity contribution in [3.05, 3.63) is 65.6 Å². The number of methoxy groups -OCH3 is 1. The van der Waals surface area contributed by atoms with E-state index in [1.165, 1.54) is 0 Å². The van der Waals surface area contributed by atoms with Crippen LogP contribution in [0, 0.1) is 6.92 Å². The second-order valence-corrected chi connectivity index (χ2v) is 8.75. The third-order valence-electron chi connectivity index (χ3n) is 6.61. The van der Waals surface area contributed by atoms with Gasteiger partial charge in [0.15, 0.2) is 5.79 Å². The van der Waals surface area contributed by atoms with Crippen LogP contribution in [-0.2, 0) is 21.6 Å². The Morgan fingerprint density at radius 2 is 1.75 bits per heavy atom. The fourth-order valence-corrected chi connectivity index (χ4v) is 4.61. The lowest BCUT2D eigenvalue weighted by molar-refractivity contribution is -0.204. The number of aliphatic hydroxyl groups is 1. The number of hydrogen-bond acceptors (Lipinski definition) is 6. The first-order valence-corrected chi connectivity index (χ1v) is 11.1. The summed E-state index contributed by atoms with van der Waals surface area (Å²) in [6, 6.07) is 14.0. The van der Waals surface area contributed by atoms with Crippen LogP contribution < -0.4 is 4.74 Å². The van der Waals surface area contributed by atoms with Gasteiger partial charge in [-0.05, 0) is 55.7 Å². The number of pyridine rings is 1. The van der Waals surface area contributed by atoms with E-state index < -0.39 is 11.4 Å². The van der Waals surface area contributed by atoms with Gasteiger partial charge in [0.2, 0.25) is 0 Å². The van der Waals surface area contributed by atoms with Crippen molar-refractivity contribution in [1.82, 2.24) is 14.8 Å². The predicted molar refractivity (Wildman–Crippen MR) is 119 cm³/mol. The molecule has 32 heavy (non-hydrogen) atoms. The minimum absolute atomic E-state index is 0.526. The molecule has 5 rings (SSSR count). The maximum absolute atomic E-state index is 11.5. The summed E-state index contributed by atoms with van der Waals surface area (Å²) in [6.45, 7) is 3.80. The van der Waals surface area contributed by atoms with E-state index in [2.05, 4.69) is 4.98 Å². The summed E-state index contributed by atoms with van der Waals surface area (Å²) in [7, 11) is 1.66. The first kappa shape index (κ1) is 21.1. The molecule has 1 N–H and O–H groups in total. The normalized spacial score (nSPS) is 19.3. The number of benzene rings is 1. The molecule has 2 fully saturated rings. The third kappa shape index (κ3) is 4.03. The van der Waals surface area contributed by atoms with Gasteiger partial charge in [-0.3, -0.25) is 9.67 Å². The second-order valence-electron chi connectivity index (χ2n) is 8.75. The topological polar surface area (TPSA) is 78.6 Å². The Morgan fingerprint density at radius 3 is 2.38 bits per heavy atom. The van der Waals surface area contributed by atoms with Crippen LogP contribution in [0.1, 0.15) is 42.6 Å². The summed E-state index contributed by atoms with van der Waals surface area (Å²) >= 11 is 0. The van der Waals surface area contributed by atoms with Gasteiger partial charge in [-0.2, -0.15) is 5.10 Å². The molecule has 1 aliphatic heterocycles. The van der Waals surface area contributed by atoms with Gasteiger partial charge in [0.05, 0.1) is 38.3 Å². The van der Waals surface area contributed by atoms with Crippen molar-refractivity contribution in [3.63, 3.8) is 0 Å². The summed E-state index contributed by atoms with van der Waals surface area (Å²) in [5.74, 6) is 0.293. The highest BCUT2D eigenvalue weighted by molar-refractivity contribution is 5.59. The van der Waals surface area contributed by atoms with E-state index in [9.17, 15) is 5.11 Å². The number of aromatic nitrogens is 3. The van der Waals surface area contributed by atoms with Crippen LogP contribution in [0.25, 0.3) is 11.3 Å². The zero-order valence-electron chi connectivity index (χ0n) is 18.6. The van der Waals surface area contributed by atoms with Crippen molar-refractivity contribution in [1.29, 1.82) is 0 Å². The molecule has 0 radical (unpaired) electrons. The Hall–Kier alpha value is -2.74. The lowest BCUT2D eigenvalue weighted by atomic mass is 9.79. The molecule has 0 amide bonds. The van der Waals surface area contributed by atoms with Crippen molar-refractivity contribution in [3.8, 4) is 17.0 Å². The van der Waals surface area contributed by atoms with E-state index in [1.54, 1.807) is 7.11 Å². The highest BCUT2D eigenvalue weighted by Gasteiger charge is 2.47. The summed E-state index contributed by atoms with van der Waals surface area (Å²) in [5.41, 5.74) is 3.66. The van der Waals surface area contributed by atoms with Crippen molar-refractivity contribution in [2.24, 2.45) is 0 Å². The smallest absolute Gasteiger partial charge is 0.168 e. The molecule has 0 unspecified atom stereocenters. The standard InChI is InChI=1S/C25H29N3O4/c1-18-3-6-20(16-26-18)22-15-23(24(29)9-11-25(12-10-24)31-13-14-32-25)27-28(22)17-19-4-7-21(30-2)8-5-19/h3-8,15-16,29H,9-14,17H2,1-2H3. The predicted octanol–water partition coefficient (Wildman–Crippen LogP) is 3.82. The molecule has 3 heterocycles. The Bertz CT molecular complexity index is 1060. The van der Waals surface area contributed by atoms with Crippen molar-refractivity contribution >= 4 is 0 Å². The molecule has 1 spiro atoms. The minimum atomic E-state index is -1.00. The van der Waals surface area contributed by atoms with Crippen LogP contribution >= 0.6 is 0 Å². The van der Waals surface area contributed by atoms with Gasteiger partial charge in [-0.15, -0.1) is 0 Å². The van der Waals surface area contributed by atoms with E-state index >= 15 is 0 Å². The molecule has 3 aromatic rings. The van der Waals surface area contributed by atoms with Crippen LogP contribution in [0.2, 0.25) is 0 Å². The monoisotopic (exact) mass is 435 g/mol. The fourth-order valence-electron chi connectivity index (χ4n) is 4.61. The number of ether oxygens (including phenoxy) is 3. The zero-order chi connectivity index (χ0) is 22.2. The molecule has 2 aromatic heterocycles. The van der Waals surface area contributed by atoms with Crippen LogP contribution in [0.3, 0.4) is 0 Å². The summed E-state index contributed by atoms with van der Waals surface area (Å²) in [4.78, 5) is 4.46. The van der Waals surface area contributed by atoms with Gasteiger partial charge in [-0.1, -0.05) is 12.1 Å². The number of rotatable bonds is 5. The molecule has 2 aliphatic rings. The van der Waals surface area contributed by atoms with Gasteiger partial charge in [-0.25, -0.2) is 0 Å². The summed E-state index contributed by atoms with van der Waals surface area (Å²) in [6.07, 6.45) is 4.30. The van der Waals surface area contributed by atoms with E-state index in [0.29, 0.717) is 51.1 Å². The van der Waals surface area contributed by atoms with E-state index in [1.807, 2.05) is 60.3 Å². The Labute approximate surface area is 188 Å². The van der Waals surface area contributed by atoms with Gasteiger partial charge in [0.1, 0.15) is 11.4 Å². The minimum Gasteiger partial charge on any atom is -0.497 e. The van der Waals surface area contributed by atoms with Gasteiger partial charge >= 0.3 is 0 Å². The average molecular weight is 436 g/mol. The van der Waals surface area contributed by atoms with Gasteiger partial charge in [0, 0.05) is 30.3 Å². The quantitative estimate of drug-likeness (QED) is 0.657. The van der Waals surface area contributed by atoms with Gasteiger partial charge in [0.25, 0.3) is 0 Å². The van der Waals surface area contributed by atoms with Crippen molar-refractivity contribution in [2.45, 2.75) is 50.5 Å². The largest absolute Gasteiger partial charge is 0.497 e. The number of hydrogen-bond donors (Lipinski definition) is 1. The number of aryl methyl sites for hydroxylation is 1. The fraction of sp³-hybridized carbons (Fsp3) is 0.440. The molecule has 168 valence electrons. The second kappa shape index (κ2) is 8.31. The molecular weight excluding hydrogens is 406 g/mol. The Kier molecular flexibility index (Phi) is 5.49. The van der Waals surface area contributed by atoms with E-state index in [0.717, 1.165) is 28.3 Å². The van der Waals surface area contributed by atoms with Crippen LogP contribution in [0.5, 0.6) is 5.75 Å². The van der Waals surface area contributed by atoms with E-state index in [4.69, 9.17) is 19.3 Å². The zero-order valence-corrected chi connectivity index (χ0v) is 18.6.